The van der Waals surface area contributed by atoms with E-state index < -0.39 is 0 Å². The Morgan fingerprint density at radius 1 is 1.00 bits per heavy atom. The molecular formula is C24H25Cl2N3O2S. The summed E-state index contributed by atoms with van der Waals surface area (Å²) in [6, 6.07) is 12.5. The van der Waals surface area contributed by atoms with Gasteiger partial charge in [0.1, 0.15) is 0 Å². The fraction of sp³-hybridized carbons (Fsp3) is 0.375. The molecule has 3 aromatic rings. The van der Waals surface area contributed by atoms with E-state index in [0.29, 0.717) is 38.2 Å². The third kappa shape index (κ3) is 5.30. The molecule has 0 saturated carbocycles. The number of hydrogen-bond donors (Lipinski definition) is 0. The molecule has 5 nitrogen and oxygen atoms in total. The average molecular weight is 490 g/mol. The van der Waals surface area contributed by atoms with Crippen LogP contribution in [0.4, 0.5) is 0 Å². The summed E-state index contributed by atoms with van der Waals surface area (Å²) in [5.74, 6) is 1.02. The minimum Gasteiger partial charge on any atom is -0.343 e. The van der Waals surface area contributed by atoms with Crippen molar-refractivity contribution in [1.29, 1.82) is 0 Å². The summed E-state index contributed by atoms with van der Waals surface area (Å²) in [7, 11) is 0. The molecule has 2 aromatic carbocycles. The van der Waals surface area contributed by atoms with Gasteiger partial charge in [-0.15, -0.1) is 0 Å². The van der Waals surface area contributed by atoms with E-state index in [1.54, 1.807) is 28.8 Å². The SMILES string of the molecule is O=C(CCCCSc1nc2ccccc2c(=O)n1-c1ccc(Cl)c(Cl)c1)N1CCCCC1. The van der Waals surface area contributed by atoms with Gasteiger partial charge in [-0.2, -0.15) is 0 Å². The van der Waals surface area contributed by atoms with Crippen LogP contribution in [-0.4, -0.2) is 39.2 Å². The van der Waals surface area contributed by atoms with Crippen LogP contribution >= 0.6 is 35.0 Å². The maximum atomic E-state index is 13.3. The molecule has 0 unspecified atom stereocenters. The topological polar surface area (TPSA) is 55.2 Å². The lowest BCUT2D eigenvalue weighted by Crippen LogP contribution is -2.35. The lowest BCUT2D eigenvalue weighted by Gasteiger charge is -2.26. The zero-order chi connectivity index (χ0) is 22.5. The molecular weight excluding hydrogens is 465 g/mol. The van der Waals surface area contributed by atoms with Crippen molar-refractivity contribution in [2.75, 3.05) is 18.8 Å². The number of carbonyl (C=O) groups excluding carboxylic acids is 1. The van der Waals surface area contributed by atoms with Gasteiger partial charge in [0.05, 0.1) is 26.6 Å². The Bertz CT molecular complexity index is 1180. The highest BCUT2D eigenvalue weighted by molar-refractivity contribution is 7.99. The lowest BCUT2D eigenvalue weighted by atomic mass is 10.1. The number of rotatable bonds is 7. The minimum absolute atomic E-state index is 0.142. The standard InChI is InChI=1S/C24H25Cl2N3O2S/c25-19-12-11-17(16-20(19)26)29-23(31)18-8-2-3-9-21(18)27-24(29)32-15-7-4-10-22(30)28-13-5-1-6-14-28/h2-3,8-9,11-12,16H,1,4-7,10,13-15H2. The normalized spacial score (nSPS) is 14.1. The molecule has 1 aliphatic rings. The first-order chi connectivity index (χ1) is 15.5. The van der Waals surface area contributed by atoms with E-state index in [1.165, 1.54) is 18.2 Å². The number of piperidine rings is 1. The predicted octanol–water partition coefficient (Wildman–Crippen LogP) is 5.97. The summed E-state index contributed by atoms with van der Waals surface area (Å²) in [5, 5.41) is 1.98. The number of para-hydroxylation sites is 1. The number of amides is 1. The number of likely N-dealkylation sites (tertiary alicyclic amines) is 1. The number of halogens is 2. The molecule has 1 aliphatic heterocycles. The molecule has 1 amide bonds. The first-order valence-electron chi connectivity index (χ1n) is 10.9. The number of fused-ring (bicyclic) bond motifs is 1. The zero-order valence-corrected chi connectivity index (χ0v) is 20.1. The average Bonchev–Trinajstić information content (AvgIpc) is 2.81. The van der Waals surface area contributed by atoms with Gasteiger partial charge in [0, 0.05) is 25.3 Å². The quantitative estimate of drug-likeness (QED) is 0.233. The Morgan fingerprint density at radius 3 is 2.56 bits per heavy atom. The molecule has 4 rings (SSSR count). The number of hydrogen-bond acceptors (Lipinski definition) is 4. The Hall–Kier alpha value is -2.02. The lowest BCUT2D eigenvalue weighted by molar-refractivity contribution is -0.132. The fourth-order valence-corrected chi connectivity index (χ4v) is 5.21. The van der Waals surface area contributed by atoms with E-state index in [4.69, 9.17) is 28.2 Å². The van der Waals surface area contributed by atoms with E-state index in [2.05, 4.69) is 0 Å². The molecule has 168 valence electrons. The summed E-state index contributed by atoms with van der Waals surface area (Å²) in [6.07, 6.45) is 5.72. The zero-order valence-electron chi connectivity index (χ0n) is 17.7. The van der Waals surface area contributed by atoms with Crippen molar-refractivity contribution in [3.8, 4) is 5.69 Å². The molecule has 0 aliphatic carbocycles. The molecule has 1 saturated heterocycles. The van der Waals surface area contributed by atoms with Gasteiger partial charge in [0.2, 0.25) is 5.91 Å². The van der Waals surface area contributed by atoms with Crippen molar-refractivity contribution in [2.24, 2.45) is 0 Å². The maximum Gasteiger partial charge on any atom is 0.266 e. The van der Waals surface area contributed by atoms with E-state index in [-0.39, 0.29) is 11.5 Å². The fourth-order valence-electron chi connectivity index (χ4n) is 3.90. The van der Waals surface area contributed by atoms with Crippen LogP contribution in [-0.2, 0) is 4.79 Å². The van der Waals surface area contributed by atoms with E-state index >= 15 is 0 Å². The Labute approximate surface area is 201 Å². The van der Waals surface area contributed by atoms with Crippen LogP contribution in [0.2, 0.25) is 10.0 Å². The first kappa shape index (κ1) is 23.1. The molecule has 1 aromatic heterocycles. The second-order valence-corrected chi connectivity index (χ2v) is 9.77. The summed E-state index contributed by atoms with van der Waals surface area (Å²) >= 11 is 13.8. The van der Waals surface area contributed by atoms with Crippen LogP contribution in [0.3, 0.4) is 0 Å². The number of aromatic nitrogens is 2. The monoisotopic (exact) mass is 489 g/mol. The van der Waals surface area contributed by atoms with E-state index in [0.717, 1.165) is 44.5 Å². The van der Waals surface area contributed by atoms with E-state index in [9.17, 15) is 9.59 Å². The second kappa shape index (κ2) is 10.7. The number of benzene rings is 2. The van der Waals surface area contributed by atoms with Crippen molar-refractivity contribution in [3.63, 3.8) is 0 Å². The van der Waals surface area contributed by atoms with Gasteiger partial charge in [-0.1, -0.05) is 47.1 Å². The smallest absolute Gasteiger partial charge is 0.266 e. The number of nitrogens with zero attached hydrogens (tertiary/aromatic N) is 3. The van der Waals surface area contributed by atoms with Crippen molar-refractivity contribution >= 4 is 51.8 Å². The Morgan fingerprint density at radius 2 is 1.78 bits per heavy atom. The first-order valence-corrected chi connectivity index (χ1v) is 12.7. The maximum absolute atomic E-state index is 13.3. The largest absolute Gasteiger partial charge is 0.343 e. The summed E-state index contributed by atoms with van der Waals surface area (Å²) in [6.45, 7) is 1.79. The summed E-state index contributed by atoms with van der Waals surface area (Å²) in [5.41, 5.74) is 1.15. The third-order valence-electron chi connectivity index (χ3n) is 5.63. The van der Waals surface area contributed by atoms with Crippen LogP contribution < -0.4 is 5.56 Å². The van der Waals surface area contributed by atoms with Crippen molar-refractivity contribution in [3.05, 3.63) is 62.9 Å². The summed E-state index contributed by atoms with van der Waals surface area (Å²) in [4.78, 5) is 32.4. The van der Waals surface area contributed by atoms with Crippen LogP contribution in [0.5, 0.6) is 0 Å². The van der Waals surface area contributed by atoms with Gasteiger partial charge in [-0.25, -0.2) is 4.98 Å². The molecule has 2 heterocycles. The molecule has 8 heteroatoms. The molecule has 1 fully saturated rings. The number of thioether (sulfide) groups is 1. The Kier molecular flexibility index (Phi) is 7.76. The molecule has 0 N–H and O–H groups in total. The van der Waals surface area contributed by atoms with Gasteiger partial charge in [-0.3, -0.25) is 14.2 Å². The highest BCUT2D eigenvalue weighted by atomic mass is 35.5. The van der Waals surface area contributed by atoms with Crippen molar-refractivity contribution in [2.45, 2.75) is 43.7 Å². The molecule has 0 atom stereocenters. The number of carbonyl (C=O) groups is 1. The second-order valence-electron chi connectivity index (χ2n) is 7.90. The van der Waals surface area contributed by atoms with Crippen LogP contribution in [0.15, 0.2) is 52.4 Å². The highest BCUT2D eigenvalue weighted by Gasteiger charge is 2.17. The molecule has 32 heavy (non-hydrogen) atoms. The number of unbranched alkanes of at least 4 members (excludes halogenated alkanes) is 1. The summed E-state index contributed by atoms with van der Waals surface area (Å²) < 4.78 is 1.59. The van der Waals surface area contributed by atoms with Gasteiger partial charge >= 0.3 is 0 Å². The molecule has 0 spiro atoms. The van der Waals surface area contributed by atoms with Crippen LogP contribution in [0, 0.1) is 0 Å². The van der Waals surface area contributed by atoms with E-state index in [1.807, 2.05) is 23.1 Å². The molecule has 0 bridgehead atoms. The van der Waals surface area contributed by atoms with Crippen LogP contribution in [0.25, 0.3) is 16.6 Å². The highest BCUT2D eigenvalue weighted by Crippen LogP contribution is 2.27. The van der Waals surface area contributed by atoms with Crippen molar-refractivity contribution in [1.82, 2.24) is 14.5 Å². The van der Waals surface area contributed by atoms with Gasteiger partial charge in [0.15, 0.2) is 5.16 Å². The van der Waals surface area contributed by atoms with Gasteiger partial charge < -0.3 is 4.90 Å². The Balaban J connectivity index is 1.49. The van der Waals surface area contributed by atoms with Crippen LogP contribution in [0.1, 0.15) is 38.5 Å². The molecule has 0 radical (unpaired) electrons. The predicted molar refractivity (Wildman–Crippen MR) is 132 cm³/mol. The minimum atomic E-state index is -0.142. The third-order valence-corrected chi connectivity index (χ3v) is 7.40. The van der Waals surface area contributed by atoms with Gasteiger partial charge in [-0.05, 0) is 62.4 Å². The van der Waals surface area contributed by atoms with Crippen molar-refractivity contribution < 1.29 is 4.79 Å². The van der Waals surface area contributed by atoms with Gasteiger partial charge in [0.25, 0.3) is 5.56 Å².